The van der Waals surface area contributed by atoms with Crippen LogP contribution in [-0.4, -0.2) is 15.0 Å². The lowest BCUT2D eigenvalue weighted by atomic mass is 9.91. The van der Waals surface area contributed by atoms with Crippen molar-refractivity contribution in [3.05, 3.63) is 188 Å². The second-order valence-corrected chi connectivity index (χ2v) is 14.7. The summed E-state index contributed by atoms with van der Waals surface area (Å²) in [5.41, 5.74) is 9.68. The molecule has 3 aromatic heterocycles. The third kappa shape index (κ3) is 4.61. The predicted octanol–water partition coefficient (Wildman–Crippen LogP) is 14.1. The van der Waals surface area contributed by atoms with Crippen LogP contribution >= 0.6 is 0 Å². The quantitative estimate of drug-likeness (QED) is 0.171. The summed E-state index contributed by atoms with van der Waals surface area (Å²) < 4.78 is 0. The Morgan fingerprint density at radius 3 is 1.77 bits per heavy atom. The van der Waals surface area contributed by atoms with Crippen LogP contribution in [0.25, 0.3) is 120 Å². The van der Waals surface area contributed by atoms with E-state index in [-0.39, 0.29) is 0 Å². The van der Waals surface area contributed by atoms with Gasteiger partial charge in [0.05, 0.1) is 22.2 Å². The van der Waals surface area contributed by atoms with Gasteiger partial charge in [0.2, 0.25) is 0 Å². The van der Waals surface area contributed by atoms with Crippen molar-refractivity contribution < 1.29 is 0 Å². The van der Waals surface area contributed by atoms with Gasteiger partial charge in [-0.2, -0.15) is 0 Å². The van der Waals surface area contributed by atoms with Crippen molar-refractivity contribution in [2.75, 3.05) is 0 Å². The van der Waals surface area contributed by atoms with Crippen LogP contribution in [0.2, 0.25) is 0 Å². The highest BCUT2D eigenvalue weighted by Crippen LogP contribution is 2.42. The lowest BCUT2D eigenvalue weighted by Gasteiger charge is -2.15. The van der Waals surface area contributed by atoms with Gasteiger partial charge in [-0.3, -0.25) is 9.97 Å². The Labute approximate surface area is 322 Å². The molecule has 56 heavy (non-hydrogen) atoms. The molecule has 0 spiro atoms. The average Bonchev–Trinajstić information content (AvgIpc) is 3.28. The maximum Gasteiger partial charge on any atom is 0.0970 e. The Morgan fingerprint density at radius 2 is 0.911 bits per heavy atom. The molecule has 3 heterocycles. The van der Waals surface area contributed by atoms with Gasteiger partial charge < -0.3 is 0 Å². The van der Waals surface area contributed by atoms with Crippen molar-refractivity contribution in [3.8, 4) is 33.5 Å². The Kier molecular flexibility index (Phi) is 6.63. The van der Waals surface area contributed by atoms with Crippen molar-refractivity contribution in [1.82, 2.24) is 15.0 Å². The lowest BCUT2D eigenvalue weighted by molar-refractivity contribution is 1.37. The molecule has 0 unspecified atom stereocenters. The molecule has 9 aromatic carbocycles. The molecule has 0 aliphatic carbocycles. The maximum absolute atomic E-state index is 5.54. The molecule has 12 aromatic rings. The van der Waals surface area contributed by atoms with Gasteiger partial charge >= 0.3 is 0 Å². The van der Waals surface area contributed by atoms with E-state index < -0.39 is 0 Å². The molecule has 0 N–H and O–H groups in total. The highest BCUT2D eigenvalue weighted by molar-refractivity contribution is 6.31. The van der Waals surface area contributed by atoms with E-state index >= 15 is 0 Å². The number of benzene rings is 9. The lowest BCUT2D eigenvalue weighted by Crippen LogP contribution is -1.93. The minimum Gasteiger partial charge on any atom is -0.254 e. The summed E-state index contributed by atoms with van der Waals surface area (Å²) in [7, 11) is 0. The zero-order valence-corrected chi connectivity index (χ0v) is 30.2. The Hall–Kier alpha value is -7.49. The minimum absolute atomic E-state index is 0.930. The zero-order chi connectivity index (χ0) is 36.7. The number of aromatic nitrogens is 3. The zero-order valence-electron chi connectivity index (χ0n) is 30.2. The van der Waals surface area contributed by atoms with Gasteiger partial charge in [0.25, 0.3) is 0 Å². The SMILES string of the molecule is c1cc(-c2ccc3ccc4cc(-c5cc6cccnc6c6ncccc56)ccc4c3c2)cc(-c2nc3c4ccccc4c4ccccc4c3c3ccccc23)c1. The number of pyridine rings is 3. The summed E-state index contributed by atoms with van der Waals surface area (Å²) in [6.07, 6.45) is 3.69. The Bertz CT molecular complexity index is 3600. The van der Waals surface area contributed by atoms with E-state index in [4.69, 9.17) is 9.97 Å². The maximum atomic E-state index is 5.54. The van der Waals surface area contributed by atoms with Crippen LogP contribution in [0.1, 0.15) is 0 Å². The first-order valence-corrected chi connectivity index (χ1v) is 19.1. The molecule has 258 valence electrons. The van der Waals surface area contributed by atoms with Crippen LogP contribution in [-0.2, 0) is 0 Å². The van der Waals surface area contributed by atoms with Gasteiger partial charge in [-0.25, -0.2) is 4.98 Å². The van der Waals surface area contributed by atoms with E-state index in [1.54, 1.807) is 0 Å². The fourth-order valence-corrected chi connectivity index (χ4v) is 9.08. The van der Waals surface area contributed by atoms with Crippen LogP contribution in [0.5, 0.6) is 0 Å². The molecule has 0 aliphatic heterocycles. The van der Waals surface area contributed by atoms with Gasteiger partial charge in [0.15, 0.2) is 0 Å². The number of hydrogen-bond donors (Lipinski definition) is 0. The molecule has 0 atom stereocenters. The van der Waals surface area contributed by atoms with Crippen LogP contribution in [0.3, 0.4) is 0 Å². The van der Waals surface area contributed by atoms with E-state index in [1.165, 1.54) is 65.0 Å². The fourth-order valence-electron chi connectivity index (χ4n) is 9.08. The smallest absolute Gasteiger partial charge is 0.0970 e. The fraction of sp³-hybridized carbons (Fsp3) is 0. The van der Waals surface area contributed by atoms with Crippen LogP contribution in [0, 0.1) is 0 Å². The van der Waals surface area contributed by atoms with Crippen molar-refractivity contribution in [2.24, 2.45) is 0 Å². The summed E-state index contributed by atoms with van der Waals surface area (Å²) in [5.74, 6) is 0. The summed E-state index contributed by atoms with van der Waals surface area (Å²) in [5, 5.41) is 15.6. The van der Waals surface area contributed by atoms with E-state index in [1.807, 2.05) is 24.5 Å². The summed E-state index contributed by atoms with van der Waals surface area (Å²) >= 11 is 0. The van der Waals surface area contributed by atoms with Crippen molar-refractivity contribution in [2.45, 2.75) is 0 Å². The number of rotatable bonds is 3. The van der Waals surface area contributed by atoms with Crippen molar-refractivity contribution in [3.63, 3.8) is 0 Å². The van der Waals surface area contributed by atoms with Crippen molar-refractivity contribution in [1.29, 1.82) is 0 Å². The van der Waals surface area contributed by atoms with Crippen LogP contribution in [0.4, 0.5) is 0 Å². The van der Waals surface area contributed by atoms with E-state index in [0.29, 0.717) is 0 Å². The van der Waals surface area contributed by atoms with Gasteiger partial charge in [0, 0.05) is 44.9 Å². The van der Waals surface area contributed by atoms with E-state index in [0.717, 1.165) is 55.1 Å². The highest BCUT2D eigenvalue weighted by atomic mass is 14.7. The topological polar surface area (TPSA) is 38.7 Å². The molecule has 0 radical (unpaired) electrons. The second kappa shape index (κ2) is 12.0. The predicted molar refractivity (Wildman–Crippen MR) is 236 cm³/mol. The second-order valence-electron chi connectivity index (χ2n) is 14.7. The largest absolute Gasteiger partial charge is 0.254 e. The van der Waals surface area contributed by atoms with Gasteiger partial charge in [0.1, 0.15) is 0 Å². The van der Waals surface area contributed by atoms with Gasteiger partial charge in [-0.05, 0) is 102 Å². The first-order chi connectivity index (χ1) is 27.8. The molecule has 0 saturated heterocycles. The molecule has 0 saturated carbocycles. The van der Waals surface area contributed by atoms with Crippen molar-refractivity contribution >= 4 is 86.6 Å². The van der Waals surface area contributed by atoms with Crippen LogP contribution in [0.15, 0.2) is 188 Å². The third-order valence-electron chi connectivity index (χ3n) is 11.7. The molecule has 12 rings (SSSR count). The third-order valence-corrected chi connectivity index (χ3v) is 11.7. The Morgan fingerprint density at radius 1 is 0.286 bits per heavy atom. The normalized spacial score (nSPS) is 11.9. The molecule has 0 aliphatic rings. The summed E-state index contributed by atoms with van der Waals surface area (Å²) in [4.78, 5) is 15.0. The minimum atomic E-state index is 0.930. The molecule has 3 heteroatoms. The summed E-state index contributed by atoms with van der Waals surface area (Å²) in [6.45, 7) is 0. The summed E-state index contributed by atoms with van der Waals surface area (Å²) in [6, 6.07) is 63.8. The first-order valence-electron chi connectivity index (χ1n) is 19.1. The molecule has 0 amide bonds. The molecular weight excluding hydrogens is 679 g/mol. The number of hydrogen-bond acceptors (Lipinski definition) is 3. The number of fused-ring (bicyclic) bond motifs is 14. The van der Waals surface area contributed by atoms with Gasteiger partial charge in [-0.1, -0.05) is 140 Å². The first kappa shape index (κ1) is 30.9. The average molecular weight is 710 g/mol. The monoisotopic (exact) mass is 709 g/mol. The van der Waals surface area contributed by atoms with E-state index in [2.05, 4.69) is 169 Å². The molecule has 0 bridgehead atoms. The van der Waals surface area contributed by atoms with Gasteiger partial charge in [-0.15, -0.1) is 0 Å². The molecule has 3 nitrogen and oxygen atoms in total. The molecular formula is C53H31N3. The highest BCUT2D eigenvalue weighted by Gasteiger charge is 2.17. The Balaban J connectivity index is 1.01. The number of nitrogens with zero attached hydrogens (tertiary/aromatic N) is 3. The van der Waals surface area contributed by atoms with E-state index in [9.17, 15) is 0 Å². The standard InChI is InChI=1S/C53H31N3/c1-3-15-42-40(13-1)41-14-2-5-17-44(41)52-49(42)43-16-4-6-18-45(43)50(56-52)37-11-7-10-33(28-37)34-22-20-32-21-23-35-29-36(24-25-39(35)47(32)30-34)48-31-38-12-8-26-54-51(38)53-46(48)19-9-27-55-53/h1-31H. The molecule has 0 fully saturated rings. The van der Waals surface area contributed by atoms with Crippen LogP contribution < -0.4 is 0 Å².